The van der Waals surface area contributed by atoms with Gasteiger partial charge in [-0.2, -0.15) is 0 Å². The number of benzene rings is 1. The van der Waals surface area contributed by atoms with Crippen LogP contribution in [0.3, 0.4) is 0 Å². The smallest absolute Gasteiger partial charge is 0.196 e. The first-order valence-electron chi connectivity index (χ1n) is 11.2. The normalized spacial score (nSPS) is 14.9. The maximum Gasteiger partial charge on any atom is 0.196 e. The quantitative estimate of drug-likeness (QED) is 0.517. The molecule has 0 unspecified atom stereocenters. The molecule has 0 aliphatic carbocycles. The fraction of sp³-hybridized carbons (Fsp3) is 0.520. The molecule has 0 bridgehead atoms. The van der Waals surface area contributed by atoms with Crippen LogP contribution in [-0.2, 0) is 16.0 Å². The molecule has 1 aliphatic heterocycles. The van der Waals surface area contributed by atoms with Crippen LogP contribution in [0.1, 0.15) is 37.1 Å². The van der Waals surface area contributed by atoms with Crippen molar-refractivity contribution in [3.05, 3.63) is 39.2 Å². The Morgan fingerprint density at radius 3 is 2.53 bits per heavy atom. The zero-order valence-electron chi connectivity index (χ0n) is 20.5. The van der Waals surface area contributed by atoms with E-state index in [1.165, 1.54) is 26.0 Å². The number of methoxy groups -OCH3 is 2. The highest BCUT2D eigenvalue weighted by Crippen LogP contribution is 2.35. The average Bonchev–Trinajstić information content (AvgIpc) is 2.79. The van der Waals surface area contributed by atoms with Gasteiger partial charge >= 0.3 is 0 Å². The number of ketones is 1. The average molecular weight is 495 g/mol. The molecule has 0 radical (unpaired) electrons. The van der Waals surface area contributed by atoms with Gasteiger partial charge in [0, 0.05) is 29.9 Å². The monoisotopic (exact) mass is 494 g/mol. The Kier molecular flexibility index (Phi) is 9.70. The topological polar surface area (TPSA) is 101 Å². The lowest BCUT2D eigenvalue weighted by atomic mass is 10.00. The number of halogens is 1. The molecule has 188 valence electrons. The fourth-order valence-electron chi connectivity index (χ4n) is 4.00. The molecule has 2 aromatic rings. The van der Waals surface area contributed by atoms with E-state index < -0.39 is 11.4 Å². The number of carbonyl (C=O) groups excluding carboxylic acids is 1. The van der Waals surface area contributed by atoms with E-state index in [0.29, 0.717) is 33.7 Å². The number of aryl methyl sites for hydroxylation is 1. The van der Waals surface area contributed by atoms with E-state index in [1.807, 2.05) is 6.07 Å². The minimum atomic E-state index is -1.49. The third kappa shape index (κ3) is 6.18. The Labute approximate surface area is 206 Å². The van der Waals surface area contributed by atoms with Crippen LogP contribution in [0.25, 0.3) is 17.0 Å². The van der Waals surface area contributed by atoms with Crippen LogP contribution in [-0.4, -0.2) is 73.4 Å². The molecule has 2 heterocycles. The number of hydrogen-bond donors (Lipinski definition) is 2. The molecule has 1 saturated heterocycles. The molecule has 0 saturated carbocycles. The van der Waals surface area contributed by atoms with Crippen LogP contribution in [0.5, 0.6) is 11.5 Å². The Bertz CT molecular complexity index is 1100. The maximum atomic E-state index is 13.2. The van der Waals surface area contributed by atoms with Gasteiger partial charge in [0.2, 0.25) is 0 Å². The molecule has 0 amide bonds. The van der Waals surface area contributed by atoms with Gasteiger partial charge in [0.15, 0.2) is 11.2 Å². The van der Waals surface area contributed by atoms with Crippen molar-refractivity contribution in [1.82, 2.24) is 9.88 Å². The molecule has 8 nitrogen and oxygen atoms in total. The number of fused-ring (bicyclic) bond motifs is 1. The fourth-order valence-corrected chi connectivity index (χ4v) is 4.00. The Balaban J connectivity index is 0.00000408. The first-order valence-corrected chi connectivity index (χ1v) is 11.2. The number of nitrogens with zero attached hydrogens (tertiary/aromatic N) is 1. The zero-order valence-corrected chi connectivity index (χ0v) is 21.3. The second kappa shape index (κ2) is 11.8. The number of ether oxygens (including phenoxy) is 3. The highest BCUT2D eigenvalue weighted by molar-refractivity contribution is 5.99. The minimum absolute atomic E-state index is 0. The second-order valence-corrected chi connectivity index (χ2v) is 8.83. The number of rotatable bonds is 9. The van der Waals surface area contributed by atoms with Gasteiger partial charge in [0.25, 0.3) is 0 Å². The molecular weight excluding hydrogens is 460 g/mol. The lowest BCUT2D eigenvalue weighted by Gasteiger charge is -2.26. The van der Waals surface area contributed by atoms with Crippen molar-refractivity contribution in [2.24, 2.45) is 0 Å². The number of nitrogens with one attached hydrogen (secondary N) is 1. The summed E-state index contributed by atoms with van der Waals surface area (Å²) in [5.74, 6) is 0.622. The largest absolute Gasteiger partial charge is 0.496 e. The van der Waals surface area contributed by atoms with Gasteiger partial charge in [-0.25, -0.2) is 0 Å². The van der Waals surface area contributed by atoms with Crippen LogP contribution >= 0.6 is 12.4 Å². The van der Waals surface area contributed by atoms with Gasteiger partial charge in [-0.15, -0.1) is 12.4 Å². The highest BCUT2D eigenvalue weighted by atomic mass is 35.5. The van der Waals surface area contributed by atoms with E-state index in [1.54, 1.807) is 21.1 Å². The van der Waals surface area contributed by atoms with Gasteiger partial charge in [-0.3, -0.25) is 14.5 Å². The van der Waals surface area contributed by atoms with Crippen molar-refractivity contribution in [2.45, 2.75) is 39.2 Å². The lowest BCUT2D eigenvalue weighted by Crippen LogP contribution is -2.36. The van der Waals surface area contributed by atoms with Crippen molar-refractivity contribution in [1.29, 1.82) is 0 Å². The van der Waals surface area contributed by atoms with E-state index >= 15 is 0 Å². The molecular formula is C25H35ClN2O6. The van der Waals surface area contributed by atoms with Crippen LogP contribution in [0.15, 0.2) is 16.9 Å². The van der Waals surface area contributed by atoms with Crippen LogP contribution in [0.4, 0.5) is 0 Å². The Morgan fingerprint density at radius 2 is 1.94 bits per heavy atom. The van der Waals surface area contributed by atoms with E-state index in [9.17, 15) is 14.7 Å². The van der Waals surface area contributed by atoms with E-state index in [-0.39, 0.29) is 17.8 Å². The van der Waals surface area contributed by atoms with E-state index in [0.717, 1.165) is 51.3 Å². The Morgan fingerprint density at radius 1 is 1.26 bits per heavy atom. The minimum Gasteiger partial charge on any atom is -0.496 e. The highest BCUT2D eigenvalue weighted by Gasteiger charge is 2.22. The predicted octanol–water partition coefficient (Wildman–Crippen LogP) is 2.89. The second-order valence-electron chi connectivity index (χ2n) is 8.83. The number of H-pyrrole nitrogens is 1. The van der Waals surface area contributed by atoms with Crippen molar-refractivity contribution in [3.63, 3.8) is 0 Å². The third-order valence-corrected chi connectivity index (χ3v) is 6.00. The van der Waals surface area contributed by atoms with Gasteiger partial charge in [0.05, 0.1) is 38.3 Å². The van der Waals surface area contributed by atoms with Crippen LogP contribution in [0, 0.1) is 6.92 Å². The molecule has 1 aliphatic rings. The van der Waals surface area contributed by atoms with Gasteiger partial charge in [-0.05, 0) is 58.4 Å². The molecule has 1 fully saturated rings. The van der Waals surface area contributed by atoms with Crippen LogP contribution in [0.2, 0.25) is 0 Å². The number of aromatic amines is 1. The summed E-state index contributed by atoms with van der Waals surface area (Å²) in [4.78, 5) is 31.0. The van der Waals surface area contributed by atoms with Crippen molar-refractivity contribution < 1.29 is 24.1 Å². The summed E-state index contributed by atoms with van der Waals surface area (Å²) in [6.45, 7) is 8.88. The molecule has 9 heteroatoms. The summed E-state index contributed by atoms with van der Waals surface area (Å²) < 4.78 is 16.7. The summed E-state index contributed by atoms with van der Waals surface area (Å²) in [5.41, 5.74) is 0.713. The number of aliphatic hydroxyl groups is 1. The predicted molar refractivity (Wildman–Crippen MR) is 136 cm³/mol. The van der Waals surface area contributed by atoms with Crippen LogP contribution < -0.4 is 14.9 Å². The number of hydrogen-bond acceptors (Lipinski definition) is 7. The molecule has 0 spiro atoms. The molecule has 0 atom stereocenters. The molecule has 34 heavy (non-hydrogen) atoms. The summed E-state index contributed by atoms with van der Waals surface area (Å²) >= 11 is 0. The van der Waals surface area contributed by atoms with Crippen molar-refractivity contribution in [2.75, 3.05) is 47.1 Å². The Hall–Kier alpha value is -2.39. The summed E-state index contributed by atoms with van der Waals surface area (Å²) in [6, 6.07) is 1.88. The van der Waals surface area contributed by atoms with E-state index in [2.05, 4.69) is 9.88 Å². The third-order valence-electron chi connectivity index (χ3n) is 6.00. The van der Waals surface area contributed by atoms with Gasteiger partial charge in [0.1, 0.15) is 17.1 Å². The first-order chi connectivity index (χ1) is 15.7. The zero-order chi connectivity index (χ0) is 24.2. The number of pyridine rings is 1. The molecule has 1 aromatic heterocycles. The number of morpholine rings is 1. The van der Waals surface area contributed by atoms with E-state index in [4.69, 9.17) is 14.2 Å². The van der Waals surface area contributed by atoms with Gasteiger partial charge < -0.3 is 24.3 Å². The molecule has 2 N–H and O–H groups in total. The summed E-state index contributed by atoms with van der Waals surface area (Å²) in [6.07, 6.45) is 4.48. The molecule has 1 aromatic carbocycles. The molecule has 3 rings (SSSR count). The summed E-state index contributed by atoms with van der Waals surface area (Å²) in [5, 5.41) is 10.3. The van der Waals surface area contributed by atoms with Gasteiger partial charge in [-0.1, -0.05) is 0 Å². The van der Waals surface area contributed by atoms with Crippen molar-refractivity contribution >= 4 is 35.2 Å². The number of aromatic nitrogens is 1. The standard InChI is InChI=1S/C25H34N2O6.ClH/c1-16-18(8-9-20(28)25(2,3)30)26-22-21(23(16)29)19(31-4)15-17(24(22)32-5)7-6-10-27-11-13-33-14-12-27;/h8-9,15,30H,6-7,10-14H2,1-5H3,(H,26,29);1H. The first kappa shape index (κ1) is 27.9. The lowest BCUT2D eigenvalue weighted by molar-refractivity contribution is -0.128. The SMILES string of the molecule is COc1c(CCCN2CCOCC2)cc(OC)c2c(=O)c(C)c(C=CC(=O)C(C)(C)O)[nH]c12.Cl. The number of carbonyl (C=O) groups is 1. The van der Waals surface area contributed by atoms with Crippen molar-refractivity contribution in [3.8, 4) is 11.5 Å². The summed E-state index contributed by atoms with van der Waals surface area (Å²) in [7, 11) is 3.13. The maximum absolute atomic E-state index is 13.2.